The molecule has 3 heterocycles. The number of benzene rings is 1. The molecule has 0 radical (unpaired) electrons. The third-order valence-corrected chi connectivity index (χ3v) is 8.23. The molecule has 0 amide bonds. The monoisotopic (exact) mass is 497 g/mol. The van der Waals surface area contributed by atoms with E-state index in [9.17, 15) is 13.5 Å². The summed E-state index contributed by atoms with van der Waals surface area (Å²) < 4.78 is 35.1. The van der Waals surface area contributed by atoms with Crippen molar-refractivity contribution >= 4 is 10.0 Å². The first kappa shape index (κ1) is 25.2. The summed E-state index contributed by atoms with van der Waals surface area (Å²) in [5.41, 5.74) is 2.46. The van der Waals surface area contributed by atoms with Gasteiger partial charge in [0.25, 0.3) is 0 Å². The first-order valence-corrected chi connectivity index (χ1v) is 13.0. The van der Waals surface area contributed by atoms with Crippen LogP contribution < -0.4 is 4.74 Å². The second-order valence-corrected chi connectivity index (χ2v) is 10.9. The van der Waals surface area contributed by atoms with Gasteiger partial charge in [-0.2, -0.15) is 4.31 Å². The lowest BCUT2D eigenvalue weighted by Crippen LogP contribution is -2.49. The van der Waals surface area contributed by atoms with E-state index in [1.54, 1.807) is 43.7 Å². The van der Waals surface area contributed by atoms with E-state index in [0.29, 0.717) is 13.1 Å². The Bertz CT molecular complexity index is 1230. The van der Waals surface area contributed by atoms with Crippen LogP contribution in [0.1, 0.15) is 19.5 Å². The van der Waals surface area contributed by atoms with Crippen molar-refractivity contribution in [3.8, 4) is 16.9 Å². The minimum Gasteiger partial charge on any atom is -0.487 e. The molecule has 1 aromatic carbocycles. The van der Waals surface area contributed by atoms with Gasteiger partial charge in [0.2, 0.25) is 10.0 Å². The molecule has 0 saturated carbocycles. The van der Waals surface area contributed by atoms with Crippen LogP contribution in [0.25, 0.3) is 11.1 Å². The normalized spacial score (nSPS) is 20.9. The van der Waals surface area contributed by atoms with E-state index < -0.39 is 16.1 Å². The topological polar surface area (TPSA) is 109 Å². The lowest BCUT2D eigenvalue weighted by atomic mass is 10.0. The van der Waals surface area contributed by atoms with Gasteiger partial charge < -0.3 is 9.84 Å². The van der Waals surface area contributed by atoms with Gasteiger partial charge in [-0.3, -0.25) is 9.88 Å². The molecule has 35 heavy (non-hydrogen) atoms. The third-order valence-electron chi connectivity index (χ3n) is 6.21. The van der Waals surface area contributed by atoms with Crippen molar-refractivity contribution in [1.82, 2.24) is 24.2 Å². The van der Waals surface area contributed by atoms with E-state index >= 15 is 0 Å². The molecule has 0 fully saturated rings. The zero-order valence-corrected chi connectivity index (χ0v) is 21.0. The Morgan fingerprint density at radius 3 is 2.66 bits per heavy atom. The van der Waals surface area contributed by atoms with Crippen LogP contribution in [0.5, 0.6) is 5.75 Å². The van der Waals surface area contributed by atoms with Crippen molar-refractivity contribution in [2.75, 3.05) is 26.7 Å². The van der Waals surface area contributed by atoms with Crippen LogP contribution in [-0.2, 0) is 16.6 Å². The van der Waals surface area contributed by atoms with E-state index in [0.717, 1.165) is 16.8 Å². The zero-order chi connectivity index (χ0) is 25.0. The molecule has 3 aromatic rings. The van der Waals surface area contributed by atoms with Gasteiger partial charge in [0, 0.05) is 55.7 Å². The lowest BCUT2D eigenvalue weighted by molar-refractivity contribution is 0.0731. The first-order valence-electron chi connectivity index (χ1n) is 11.6. The molecule has 0 unspecified atom stereocenters. The second kappa shape index (κ2) is 10.8. The highest BCUT2D eigenvalue weighted by Gasteiger charge is 2.38. The molecule has 1 aliphatic rings. The van der Waals surface area contributed by atoms with Gasteiger partial charge in [-0.25, -0.2) is 18.4 Å². The Balaban J connectivity index is 1.72. The molecule has 3 atom stereocenters. The quantitative estimate of drug-likeness (QED) is 0.530. The van der Waals surface area contributed by atoms with E-state index in [4.69, 9.17) is 4.74 Å². The van der Waals surface area contributed by atoms with Crippen molar-refractivity contribution < 1.29 is 18.3 Å². The molecule has 9 nitrogen and oxygen atoms in total. The molecule has 186 valence electrons. The molecule has 4 rings (SSSR count). The third kappa shape index (κ3) is 5.67. The number of aliphatic hydroxyl groups is 1. The zero-order valence-electron chi connectivity index (χ0n) is 20.2. The number of hydrogen-bond donors (Lipinski definition) is 1. The summed E-state index contributed by atoms with van der Waals surface area (Å²) in [4.78, 5) is 14.7. The summed E-state index contributed by atoms with van der Waals surface area (Å²) in [6.07, 6.45) is 6.26. The van der Waals surface area contributed by atoms with E-state index in [1.807, 2.05) is 32.2 Å². The number of pyridine rings is 1. The van der Waals surface area contributed by atoms with Crippen LogP contribution in [0.4, 0.5) is 0 Å². The summed E-state index contributed by atoms with van der Waals surface area (Å²) in [6.45, 7) is 4.86. The summed E-state index contributed by atoms with van der Waals surface area (Å²) >= 11 is 0. The first-order chi connectivity index (χ1) is 16.8. The van der Waals surface area contributed by atoms with Crippen LogP contribution >= 0.6 is 0 Å². The lowest BCUT2D eigenvalue weighted by Gasteiger charge is -2.37. The number of aromatic nitrogens is 3. The SMILES string of the molecule is C[C@@H]1CN([C@H](C)CO)S(=O)(=O)c2ccc(-c3cncnc3)cc2O[C@H]1CN(C)Cc1ccccn1. The Hall–Kier alpha value is -2.92. The molecule has 0 aliphatic carbocycles. The molecule has 10 heteroatoms. The highest BCUT2D eigenvalue weighted by atomic mass is 32.2. The molecule has 0 bridgehead atoms. The number of rotatable bonds is 7. The van der Waals surface area contributed by atoms with Crippen LogP contribution in [0, 0.1) is 5.92 Å². The summed E-state index contributed by atoms with van der Waals surface area (Å²) in [7, 11) is -1.90. The Morgan fingerprint density at radius 2 is 1.97 bits per heavy atom. The largest absolute Gasteiger partial charge is 0.487 e. The van der Waals surface area contributed by atoms with Gasteiger partial charge in [0.1, 0.15) is 23.1 Å². The average molecular weight is 498 g/mol. The number of hydrogen-bond acceptors (Lipinski definition) is 8. The molecule has 1 aliphatic heterocycles. The molecule has 0 saturated heterocycles. The van der Waals surface area contributed by atoms with Crippen LogP contribution in [-0.4, -0.2) is 76.6 Å². The van der Waals surface area contributed by atoms with Crippen molar-refractivity contribution in [2.24, 2.45) is 5.92 Å². The molecule has 0 spiro atoms. The maximum atomic E-state index is 13.6. The molecular formula is C25H31N5O4S. The van der Waals surface area contributed by atoms with Crippen molar-refractivity contribution in [1.29, 1.82) is 0 Å². The minimum absolute atomic E-state index is 0.0858. The number of ether oxygens (including phenoxy) is 1. The van der Waals surface area contributed by atoms with E-state index in [2.05, 4.69) is 19.9 Å². The highest BCUT2D eigenvalue weighted by molar-refractivity contribution is 7.89. The molecule has 1 N–H and O–H groups in total. The summed E-state index contributed by atoms with van der Waals surface area (Å²) in [5.74, 6) is 0.145. The number of likely N-dealkylation sites (N-methyl/N-ethyl adjacent to an activating group) is 1. The van der Waals surface area contributed by atoms with Gasteiger partial charge in [0.05, 0.1) is 12.3 Å². The van der Waals surface area contributed by atoms with Crippen molar-refractivity contribution in [3.63, 3.8) is 0 Å². The second-order valence-electron chi connectivity index (χ2n) is 9.05. The Labute approximate surface area is 206 Å². The number of nitrogens with zero attached hydrogens (tertiary/aromatic N) is 5. The Morgan fingerprint density at radius 1 is 1.20 bits per heavy atom. The fourth-order valence-corrected chi connectivity index (χ4v) is 6.04. The average Bonchev–Trinajstić information content (AvgIpc) is 2.86. The number of aliphatic hydroxyl groups excluding tert-OH is 1. The van der Waals surface area contributed by atoms with Crippen LogP contribution in [0.15, 0.2) is 66.2 Å². The fraction of sp³-hybridized carbons (Fsp3) is 0.400. The van der Waals surface area contributed by atoms with Crippen LogP contribution in [0.3, 0.4) is 0 Å². The maximum Gasteiger partial charge on any atom is 0.247 e. The van der Waals surface area contributed by atoms with Gasteiger partial charge >= 0.3 is 0 Å². The maximum absolute atomic E-state index is 13.6. The van der Waals surface area contributed by atoms with E-state index in [-0.39, 0.29) is 35.8 Å². The summed E-state index contributed by atoms with van der Waals surface area (Å²) in [5, 5.41) is 9.82. The smallest absolute Gasteiger partial charge is 0.247 e. The standard InChI is InChI=1S/C25H31N5O4S/c1-18-13-30(19(2)16-31)35(32,33)25-8-7-20(21-11-26-17-27-12-21)10-23(25)34-24(18)15-29(3)14-22-6-4-5-9-28-22/h4-12,17-19,24,31H,13-16H2,1-3H3/t18-,19-,24+/m1/s1. The van der Waals surface area contributed by atoms with Crippen molar-refractivity contribution in [2.45, 2.75) is 37.4 Å². The molecule has 2 aromatic heterocycles. The predicted octanol–water partition coefficient (Wildman–Crippen LogP) is 2.44. The van der Waals surface area contributed by atoms with Gasteiger partial charge in [-0.1, -0.05) is 19.1 Å². The van der Waals surface area contributed by atoms with Crippen LogP contribution in [0.2, 0.25) is 0 Å². The Kier molecular flexibility index (Phi) is 7.75. The predicted molar refractivity (Wildman–Crippen MR) is 132 cm³/mol. The van der Waals surface area contributed by atoms with Gasteiger partial charge in [0.15, 0.2) is 0 Å². The molecular weight excluding hydrogens is 466 g/mol. The summed E-state index contributed by atoms with van der Waals surface area (Å²) in [6, 6.07) is 10.3. The van der Waals surface area contributed by atoms with Gasteiger partial charge in [-0.15, -0.1) is 0 Å². The number of fused-ring (bicyclic) bond motifs is 1. The fourth-order valence-electron chi connectivity index (χ4n) is 4.21. The van der Waals surface area contributed by atoms with E-state index in [1.165, 1.54) is 10.6 Å². The highest BCUT2D eigenvalue weighted by Crippen LogP contribution is 2.36. The van der Waals surface area contributed by atoms with Gasteiger partial charge in [-0.05, 0) is 43.8 Å². The van der Waals surface area contributed by atoms with Crippen molar-refractivity contribution in [3.05, 3.63) is 67.0 Å². The number of sulfonamides is 1. The minimum atomic E-state index is -3.89.